The molecule has 21 heavy (non-hydrogen) atoms. The first-order valence-electron chi connectivity index (χ1n) is 6.99. The van der Waals surface area contributed by atoms with Crippen LogP contribution in [0.3, 0.4) is 0 Å². The van der Waals surface area contributed by atoms with Crippen molar-refractivity contribution >= 4 is 39.0 Å². The second-order valence-corrected chi connectivity index (χ2v) is 7.54. The molecule has 3 N–H and O–H groups in total. The molecular formula is C16H17BrClNO2. The fourth-order valence-electron chi connectivity index (χ4n) is 3.51. The Hall–Kier alpha value is -0.840. The van der Waals surface area contributed by atoms with Crippen LogP contribution in [0, 0.1) is 5.41 Å². The van der Waals surface area contributed by atoms with Gasteiger partial charge < -0.3 is 10.8 Å². The van der Waals surface area contributed by atoms with Crippen molar-refractivity contribution in [1.82, 2.24) is 0 Å². The van der Waals surface area contributed by atoms with Gasteiger partial charge in [0.2, 0.25) is 5.91 Å². The van der Waals surface area contributed by atoms with E-state index in [2.05, 4.69) is 22.9 Å². The molecule has 112 valence electrons. The summed E-state index contributed by atoms with van der Waals surface area (Å²) in [4.78, 5) is 11.7. The van der Waals surface area contributed by atoms with Crippen molar-refractivity contribution in [2.24, 2.45) is 11.1 Å². The van der Waals surface area contributed by atoms with Crippen molar-refractivity contribution in [3.8, 4) is 0 Å². The second-order valence-electron chi connectivity index (χ2n) is 6.34. The minimum absolute atomic E-state index is 0.0654. The van der Waals surface area contributed by atoms with Gasteiger partial charge in [0.15, 0.2) is 0 Å². The highest BCUT2D eigenvalue weighted by molar-refractivity contribution is 9.10. The first-order chi connectivity index (χ1) is 9.86. The number of benzene rings is 1. The average Bonchev–Trinajstić information content (AvgIpc) is 2.80. The number of hydrogen-bond acceptors (Lipinski definition) is 2. The third-order valence-electron chi connectivity index (χ3n) is 4.71. The topological polar surface area (TPSA) is 63.3 Å². The number of allylic oxidation sites excluding steroid dienone is 2. The molecule has 1 aromatic carbocycles. The van der Waals surface area contributed by atoms with E-state index in [9.17, 15) is 9.90 Å². The third kappa shape index (κ3) is 2.33. The highest BCUT2D eigenvalue weighted by Gasteiger charge is 2.37. The maximum absolute atomic E-state index is 11.7. The highest BCUT2D eigenvalue weighted by atomic mass is 79.9. The fraction of sp³-hybridized carbons (Fsp3) is 0.438. The minimum Gasteiger partial charge on any atom is -0.396 e. The quantitative estimate of drug-likeness (QED) is 0.834. The van der Waals surface area contributed by atoms with Gasteiger partial charge in [-0.15, -0.1) is 0 Å². The first kappa shape index (κ1) is 15.1. The molecule has 5 heteroatoms. The summed E-state index contributed by atoms with van der Waals surface area (Å²) in [6.07, 6.45) is 3.42. The van der Waals surface area contributed by atoms with Crippen molar-refractivity contribution in [3.05, 3.63) is 37.8 Å². The number of nitrogens with two attached hydrogens (primary N) is 1. The molecule has 0 fully saturated rings. The molecule has 0 heterocycles. The average molecular weight is 371 g/mol. The van der Waals surface area contributed by atoms with Crippen LogP contribution in [-0.2, 0) is 6.42 Å². The summed E-state index contributed by atoms with van der Waals surface area (Å²) in [7, 11) is 0. The van der Waals surface area contributed by atoms with Gasteiger partial charge in [-0.05, 0) is 69.8 Å². The summed E-state index contributed by atoms with van der Waals surface area (Å²) < 4.78 is 0.849. The molecule has 1 aromatic rings. The Labute approximate surface area is 137 Å². The number of aliphatic hydroxyl groups is 1. The van der Waals surface area contributed by atoms with E-state index in [4.69, 9.17) is 17.3 Å². The van der Waals surface area contributed by atoms with Gasteiger partial charge in [-0.2, -0.15) is 0 Å². The molecule has 0 aliphatic heterocycles. The molecule has 0 radical (unpaired) electrons. The summed E-state index contributed by atoms with van der Waals surface area (Å²) in [6.45, 7) is 2.29. The number of hydrogen-bond donors (Lipinski definition) is 2. The number of primary amides is 1. The van der Waals surface area contributed by atoms with E-state index in [1.165, 1.54) is 11.1 Å². The van der Waals surface area contributed by atoms with E-state index >= 15 is 0 Å². The number of aliphatic hydroxyl groups excluding tert-OH is 1. The van der Waals surface area contributed by atoms with Crippen LogP contribution >= 0.6 is 27.5 Å². The SMILES string of the molecule is CC1(CO)CCC2=C(Cc3c(C(N)=O)cc(Cl)c(Br)c32)C1. The van der Waals surface area contributed by atoms with E-state index in [0.29, 0.717) is 10.6 Å². The van der Waals surface area contributed by atoms with Crippen LogP contribution < -0.4 is 5.73 Å². The lowest BCUT2D eigenvalue weighted by atomic mass is 9.73. The number of halogens is 2. The molecule has 0 saturated carbocycles. The van der Waals surface area contributed by atoms with Gasteiger partial charge in [-0.3, -0.25) is 4.79 Å². The van der Waals surface area contributed by atoms with Gasteiger partial charge in [0.05, 0.1) is 5.02 Å². The Balaban J connectivity index is 2.14. The van der Waals surface area contributed by atoms with Crippen LogP contribution in [0.15, 0.2) is 16.1 Å². The summed E-state index contributed by atoms with van der Waals surface area (Å²) in [6, 6.07) is 1.65. The lowest BCUT2D eigenvalue weighted by Crippen LogP contribution is -2.25. The molecule has 2 aliphatic carbocycles. The van der Waals surface area contributed by atoms with Gasteiger partial charge in [0, 0.05) is 16.6 Å². The third-order valence-corrected chi connectivity index (χ3v) is 6.06. The molecule has 0 aromatic heterocycles. The van der Waals surface area contributed by atoms with Crippen molar-refractivity contribution in [3.63, 3.8) is 0 Å². The predicted molar refractivity (Wildman–Crippen MR) is 87.3 cm³/mol. The molecule has 1 unspecified atom stereocenters. The lowest BCUT2D eigenvalue weighted by Gasteiger charge is -2.33. The van der Waals surface area contributed by atoms with Crippen molar-refractivity contribution in [2.75, 3.05) is 6.61 Å². The van der Waals surface area contributed by atoms with Crippen LogP contribution in [0.1, 0.15) is 47.7 Å². The zero-order valence-corrected chi connectivity index (χ0v) is 14.1. The first-order valence-corrected chi connectivity index (χ1v) is 8.16. The monoisotopic (exact) mass is 369 g/mol. The van der Waals surface area contributed by atoms with Gasteiger partial charge in [-0.1, -0.05) is 24.1 Å². The minimum atomic E-state index is -0.439. The van der Waals surface area contributed by atoms with E-state index in [1.54, 1.807) is 6.07 Å². The number of carbonyl (C=O) groups is 1. The molecule has 1 amide bonds. The zero-order valence-electron chi connectivity index (χ0n) is 11.8. The summed E-state index contributed by atoms with van der Waals surface area (Å²) >= 11 is 9.79. The number of fused-ring (bicyclic) bond motifs is 2. The van der Waals surface area contributed by atoms with Crippen molar-refractivity contribution in [2.45, 2.75) is 32.6 Å². The fourth-order valence-corrected chi connectivity index (χ4v) is 4.31. The van der Waals surface area contributed by atoms with Crippen molar-refractivity contribution < 1.29 is 9.90 Å². The molecule has 0 bridgehead atoms. The molecule has 3 nitrogen and oxygen atoms in total. The van der Waals surface area contributed by atoms with E-state index in [-0.39, 0.29) is 12.0 Å². The van der Waals surface area contributed by atoms with Gasteiger partial charge in [0.1, 0.15) is 0 Å². The predicted octanol–water partition coefficient (Wildman–Crippen LogP) is 3.69. The molecule has 3 rings (SSSR count). The second kappa shape index (κ2) is 5.11. The van der Waals surface area contributed by atoms with Crippen LogP contribution in [0.4, 0.5) is 0 Å². The van der Waals surface area contributed by atoms with E-state index in [1.807, 2.05) is 0 Å². The molecule has 2 aliphatic rings. The highest BCUT2D eigenvalue weighted by Crippen LogP contribution is 2.51. The van der Waals surface area contributed by atoms with Crippen LogP contribution in [0.25, 0.3) is 5.57 Å². The Morgan fingerprint density at radius 1 is 1.57 bits per heavy atom. The number of amides is 1. The van der Waals surface area contributed by atoms with Gasteiger partial charge >= 0.3 is 0 Å². The normalized spacial score (nSPS) is 24.0. The smallest absolute Gasteiger partial charge is 0.249 e. The Kier molecular flexibility index (Phi) is 3.67. The van der Waals surface area contributed by atoms with E-state index in [0.717, 1.165) is 41.3 Å². The number of rotatable bonds is 2. The van der Waals surface area contributed by atoms with E-state index < -0.39 is 5.91 Å². The molecule has 0 spiro atoms. The standard InChI is InChI=1S/C16H17BrClNO2/c1-16(7-20)3-2-9-8(6-16)4-10-11(15(19)21)5-12(18)14(17)13(9)10/h5,20H,2-4,6-7H2,1H3,(H2,19,21). The lowest BCUT2D eigenvalue weighted by molar-refractivity contribution is 0.0999. The van der Waals surface area contributed by atoms with Crippen LogP contribution in [0.2, 0.25) is 5.02 Å². The van der Waals surface area contributed by atoms with Crippen molar-refractivity contribution in [1.29, 1.82) is 0 Å². The van der Waals surface area contributed by atoms with Gasteiger partial charge in [-0.25, -0.2) is 0 Å². The van der Waals surface area contributed by atoms with Gasteiger partial charge in [0.25, 0.3) is 0 Å². The maximum Gasteiger partial charge on any atom is 0.249 e. The van der Waals surface area contributed by atoms with Crippen LogP contribution in [0.5, 0.6) is 0 Å². The molecule has 1 atom stereocenters. The molecular weight excluding hydrogens is 354 g/mol. The van der Waals surface area contributed by atoms with Crippen LogP contribution in [-0.4, -0.2) is 17.6 Å². The summed E-state index contributed by atoms with van der Waals surface area (Å²) in [5, 5.41) is 10.1. The zero-order chi connectivity index (χ0) is 15.4. The Bertz CT molecular complexity index is 683. The summed E-state index contributed by atoms with van der Waals surface area (Å²) in [5.74, 6) is -0.439. The summed E-state index contributed by atoms with van der Waals surface area (Å²) in [5.41, 5.74) is 10.6. The largest absolute Gasteiger partial charge is 0.396 e. The number of carbonyl (C=O) groups excluding carboxylic acids is 1. The maximum atomic E-state index is 11.7. The Morgan fingerprint density at radius 2 is 2.29 bits per heavy atom. The molecule has 0 saturated heterocycles. The Morgan fingerprint density at radius 3 is 2.90 bits per heavy atom.